The zero-order valence-electron chi connectivity index (χ0n) is 14.5. The highest BCUT2D eigenvalue weighted by atomic mass is 16.5. The number of carbonyl (C=O) groups excluding carboxylic acids is 1. The lowest BCUT2D eigenvalue weighted by Crippen LogP contribution is -2.12. The number of aromatic amines is 1. The maximum absolute atomic E-state index is 12.0. The first kappa shape index (κ1) is 17.7. The normalized spacial score (nSPS) is 10.7. The van der Waals surface area contributed by atoms with Crippen LogP contribution in [0.4, 0.5) is 0 Å². The summed E-state index contributed by atoms with van der Waals surface area (Å²) in [5.74, 6) is 1.02. The van der Waals surface area contributed by atoms with Gasteiger partial charge in [-0.25, -0.2) is 4.98 Å². The van der Waals surface area contributed by atoms with Gasteiger partial charge in [-0.1, -0.05) is 24.3 Å². The van der Waals surface area contributed by atoms with Crippen molar-refractivity contribution in [2.75, 3.05) is 7.11 Å². The fraction of sp³-hybridized carbons (Fsp3) is 0.250. The van der Waals surface area contributed by atoms with Crippen LogP contribution in [0, 0.1) is 0 Å². The number of ether oxygens (including phenoxy) is 2. The summed E-state index contributed by atoms with van der Waals surface area (Å²) in [5.41, 5.74) is 1.37. The van der Waals surface area contributed by atoms with Crippen LogP contribution in [0.15, 0.2) is 53.3 Å². The topological polar surface area (TPSA) is 81.3 Å². The lowest BCUT2D eigenvalue weighted by Gasteiger charge is -2.07. The molecule has 0 bridgehead atoms. The van der Waals surface area contributed by atoms with Crippen LogP contribution in [-0.4, -0.2) is 23.0 Å². The number of benzene rings is 2. The summed E-state index contributed by atoms with van der Waals surface area (Å²) in [4.78, 5) is 31.1. The number of nitrogens with one attached hydrogen (secondary N) is 1. The van der Waals surface area contributed by atoms with E-state index in [4.69, 9.17) is 9.47 Å². The number of nitrogens with zero attached hydrogens (tertiary/aromatic N) is 1. The van der Waals surface area contributed by atoms with E-state index in [-0.39, 0.29) is 24.6 Å². The predicted octanol–water partition coefficient (Wildman–Crippen LogP) is 3.00. The molecule has 0 fully saturated rings. The highest BCUT2D eigenvalue weighted by Gasteiger charge is 2.07. The molecule has 6 heteroatoms. The second kappa shape index (κ2) is 8.29. The molecule has 6 nitrogen and oxygen atoms in total. The van der Waals surface area contributed by atoms with Gasteiger partial charge in [-0.2, -0.15) is 0 Å². The Balaban J connectivity index is 1.50. The predicted molar refractivity (Wildman–Crippen MR) is 98.1 cm³/mol. The summed E-state index contributed by atoms with van der Waals surface area (Å²) in [6.45, 7) is 0.209. The first-order chi connectivity index (χ1) is 12.7. The van der Waals surface area contributed by atoms with Crippen LogP contribution < -0.4 is 10.3 Å². The van der Waals surface area contributed by atoms with Gasteiger partial charge in [0.05, 0.1) is 18.0 Å². The zero-order chi connectivity index (χ0) is 18.4. The fourth-order valence-corrected chi connectivity index (χ4v) is 2.65. The summed E-state index contributed by atoms with van der Waals surface area (Å²) < 4.78 is 10.4. The molecular formula is C20H20N2O4. The van der Waals surface area contributed by atoms with Crippen molar-refractivity contribution in [3.05, 3.63) is 70.3 Å². The molecule has 1 heterocycles. The van der Waals surface area contributed by atoms with Crippen molar-refractivity contribution in [1.82, 2.24) is 9.97 Å². The first-order valence-electron chi connectivity index (χ1n) is 8.42. The first-order valence-corrected chi connectivity index (χ1v) is 8.42. The number of aromatic nitrogens is 2. The second-order valence-electron chi connectivity index (χ2n) is 5.90. The molecule has 0 saturated heterocycles. The quantitative estimate of drug-likeness (QED) is 0.661. The number of hydrogen-bond donors (Lipinski definition) is 1. The lowest BCUT2D eigenvalue weighted by atomic mass is 10.2. The number of H-pyrrole nitrogens is 1. The molecular weight excluding hydrogens is 332 g/mol. The number of aryl methyl sites for hydroxylation is 1. The smallest absolute Gasteiger partial charge is 0.306 e. The molecule has 0 unspecified atom stereocenters. The van der Waals surface area contributed by atoms with Crippen molar-refractivity contribution in [3.63, 3.8) is 0 Å². The van der Waals surface area contributed by atoms with Crippen molar-refractivity contribution in [3.8, 4) is 5.75 Å². The number of fused-ring (bicyclic) bond motifs is 1. The monoisotopic (exact) mass is 352 g/mol. The average Bonchev–Trinajstić information content (AvgIpc) is 2.66. The van der Waals surface area contributed by atoms with Crippen LogP contribution in [0.3, 0.4) is 0 Å². The van der Waals surface area contributed by atoms with Gasteiger partial charge in [-0.3, -0.25) is 9.59 Å². The van der Waals surface area contributed by atoms with E-state index < -0.39 is 0 Å². The second-order valence-corrected chi connectivity index (χ2v) is 5.90. The molecule has 0 aliphatic heterocycles. The van der Waals surface area contributed by atoms with Crippen LogP contribution in [0.2, 0.25) is 0 Å². The number of esters is 1. The van der Waals surface area contributed by atoms with E-state index in [9.17, 15) is 9.59 Å². The number of methoxy groups -OCH3 is 1. The Bertz CT molecular complexity index is 965. The molecule has 3 rings (SSSR count). The largest absolute Gasteiger partial charge is 0.497 e. The van der Waals surface area contributed by atoms with Gasteiger partial charge in [0.1, 0.15) is 18.2 Å². The Morgan fingerprint density at radius 1 is 1.15 bits per heavy atom. The van der Waals surface area contributed by atoms with Crippen molar-refractivity contribution < 1.29 is 14.3 Å². The minimum atomic E-state index is -0.282. The summed E-state index contributed by atoms with van der Waals surface area (Å²) in [5, 5.41) is 0.564. The molecule has 134 valence electrons. The van der Waals surface area contributed by atoms with Gasteiger partial charge in [-0.05, 0) is 36.2 Å². The maximum Gasteiger partial charge on any atom is 0.306 e. The van der Waals surface area contributed by atoms with Crippen molar-refractivity contribution in [2.45, 2.75) is 25.9 Å². The molecule has 0 atom stereocenters. The van der Waals surface area contributed by atoms with Gasteiger partial charge in [0.25, 0.3) is 5.56 Å². The summed E-state index contributed by atoms with van der Waals surface area (Å²) in [7, 11) is 1.59. The molecule has 26 heavy (non-hydrogen) atoms. The van der Waals surface area contributed by atoms with E-state index in [0.29, 0.717) is 29.6 Å². The Morgan fingerprint density at radius 3 is 2.85 bits per heavy atom. The number of hydrogen-bond acceptors (Lipinski definition) is 5. The van der Waals surface area contributed by atoms with Crippen LogP contribution in [0.1, 0.15) is 24.2 Å². The molecule has 1 N–H and O–H groups in total. The Labute approximate surface area is 150 Å². The summed E-state index contributed by atoms with van der Waals surface area (Å²) >= 11 is 0. The highest BCUT2D eigenvalue weighted by Crippen LogP contribution is 2.14. The molecule has 0 aliphatic rings. The van der Waals surface area contributed by atoms with Crippen LogP contribution in [-0.2, 0) is 22.6 Å². The summed E-state index contributed by atoms with van der Waals surface area (Å²) in [6.07, 6.45) is 1.33. The van der Waals surface area contributed by atoms with Gasteiger partial charge in [0.2, 0.25) is 0 Å². The lowest BCUT2D eigenvalue weighted by molar-refractivity contribution is -0.145. The highest BCUT2D eigenvalue weighted by molar-refractivity contribution is 5.77. The van der Waals surface area contributed by atoms with E-state index in [1.165, 1.54) is 0 Å². The molecule has 0 aliphatic carbocycles. The third-order valence-electron chi connectivity index (χ3n) is 3.99. The molecule has 0 spiro atoms. The maximum atomic E-state index is 12.0. The Kier molecular flexibility index (Phi) is 5.63. The SMILES string of the molecule is COc1cccc(COC(=O)CCCc2nc3ccccc3c(=O)[nH]2)c1. The molecule has 0 saturated carbocycles. The number of carbonyl (C=O) groups is 1. The zero-order valence-corrected chi connectivity index (χ0v) is 14.5. The Morgan fingerprint density at radius 2 is 2.00 bits per heavy atom. The molecule has 3 aromatic rings. The van der Waals surface area contributed by atoms with Crippen LogP contribution in [0.25, 0.3) is 10.9 Å². The molecule has 0 amide bonds. The molecule has 0 radical (unpaired) electrons. The third-order valence-corrected chi connectivity index (χ3v) is 3.99. The van der Waals surface area contributed by atoms with E-state index >= 15 is 0 Å². The summed E-state index contributed by atoms with van der Waals surface area (Å²) in [6, 6.07) is 14.6. The Hall–Kier alpha value is -3.15. The van der Waals surface area contributed by atoms with E-state index in [2.05, 4.69) is 9.97 Å². The van der Waals surface area contributed by atoms with Gasteiger partial charge in [-0.15, -0.1) is 0 Å². The van der Waals surface area contributed by atoms with Gasteiger partial charge in [0, 0.05) is 12.8 Å². The number of rotatable bonds is 7. The molecule has 1 aromatic heterocycles. The van der Waals surface area contributed by atoms with E-state index in [1.807, 2.05) is 30.3 Å². The fourth-order valence-electron chi connectivity index (χ4n) is 2.65. The van der Waals surface area contributed by atoms with Crippen molar-refractivity contribution in [1.29, 1.82) is 0 Å². The van der Waals surface area contributed by atoms with Gasteiger partial charge in [0.15, 0.2) is 0 Å². The van der Waals surface area contributed by atoms with E-state index in [0.717, 1.165) is 11.3 Å². The third kappa shape index (κ3) is 4.47. The van der Waals surface area contributed by atoms with Crippen LogP contribution >= 0.6 is 0 Å². The number of para-hydroxylation sites is 1. The van der Waals surface area contributed by atoms with Crippen LogP contribution in [0.5, 0.6) is 5.75 Å². The standard InChI is InChI=1S/C20H20N2O4/c1-25-15-7-4-6-14(12-15)13-26-19(23)11-5-10-18-21-17-9-3-2-8-16(17)20(24)22-18/h2-4,6-9,12H,5,10-11,13H2,1H3,(H,21,22,24). The van der Waals surface area contributed by atoms with Gasteiger partial charge >= 0.3 is 5.97 Å². The van der Waals surface area contributed by atoms with E-state index in [1.54, 1.807) is 25.3 Å². The molecule has 2 aromatic carbocycles. The van der Waals surface area contributed by atoms with Gasteiger partial charge < -0.3 is 14.5 Å². The van der Waals surface area contributed by atoms with Crippen molar-refractivity contribution >= 4 is 16.9 Å². The average molecular weight is 352 g/mol. The van der Waals surface area contributed by atoms with Crippen molar-refractivity contribution in [2.24, 2.45) is 0 Å². The minimum absolute atomic E-state index is 0.161. The minimum Gasteiger partial charge on any atom is -0.497 e.